The highest BCUT2D eigenvalue weighted by Gasteiger charge is 2.23. The van der Waals surface area contributed by atoms with Crippen LogP contribution in [0.1, 0.15) is 45.9 Å². The Balaban J connectivity index is 1.94. The fraction of sp³-hybridized carbons (Fsp3) is 0.833. The lowest BCUT2D eigenvalue weighted by Crippen LogP contribution is -2.19. The highest BCUT2D eigenvalue weighted by molar-refractivity contribution is 7.09. The average Bonchev–Trinajstić information content (AvgIpc) is 2.86. The van der Waals surface area contributed by atoms with Crippen molar-refractivity contribution in [2.45, 2.75) is 45.4 Å². The van der Waals surface area contributed by atoms with Gasteiger partial charge in [-0.15, -0.1) is 0 Å². The molecule has 3 nitrogen and oxygen atoms in total. The van der Waals surface area contributed by atoms with Crippen LogP contribution in [0, 0.1) is 5.92 Å². The first-order chi connectivity index (χ1) is 7.47. The lowest BCUT2D eigenvalue weighted by atomic mass is 9.96. The van der Waals surface area contributed by atoms with Crippen molar-refractivity contribution in [3.05, 3.63) is 5.82 Å². The lowest BCUT2D eigenvalue weighted by Gasteiger charge is -2.15. The Morgan fingerprint density at radius 1 is 1.38 bits per heavy atom. The second kappa shape index (κ2) is 4.32. The van der Waals surface area contributed by atoms with Gasteiger partial charge in [0.05, 0.1) is 0 Å². The molecule has 0 radical (unpaired) electrons. The molecule has 1 fully saturated rings. The predicted molar refractivity (Wildman–Crippen MR) is 69.2 cm³/mol. The highest BCUT2D eigenvalue weighted by atomic mass is 32.1. The third-order valence-electron chi connectivity index (χ3n) is 2.98. The summed E-state index contributed by atoms with van der Waals surface area (Å²) in [6.45, 7) is 7.58. The zero-order valence-corrected chi connectivity index (χ0v) is 11.5. The van der Waals surface area contributed by atoms with Gasteiger partial charge in [0.25, 0.3) is 0 Å². The number of anilines is 1. The first-order valence-corrected chi connectivity index (χ1v) is 6.79. The summed E-state index contributed by atoms with van der Waals surface area (Å²) in [4.78, 5) is 6.85. The minimum atomic E-state index is 0.0616. The molecular weight excluding hydrogens is 218 g/mol. The molecule has 16 heavy (non-hydrogen) atoms. The summed E-state index contributed by atoms with van der Waals surface area (Å²) in [5.41, 5.74) is 0.0616. The van der Waals surface area contributed by atoms with Gasteiger partial charge in [0, 0.05) is 30.5 Å². The van der Waals surface area contributed by atoms with Crippen LogP contribution in [0.3, 0.4) is 0 Å². The average molecular weight is 239 g/mol. The second-order valence-corrected chi connectivity index (χ2v) is 6.53. The van der Waals surface area contributed by atoms with Crippen LogP contribution in [0.2, 0.25) is 0 Å². The third-order valence-corrected chi connectivity index (χ3v) is 3.81. The topological polar surface area (TPSA) is 29.0 Å². The number of hydrogen-bond acceptors (Lipinski definition) is 4. The van der Waals surface area contributed by atoms with Crippen molar-refractivity contribution in [1.29, 1.82) is 0 Å². The van der Waals surface area contributed by atoms with Gasteiger partial charge in [-0.05, 0) is 12.3 Å². The monoisotopic (exact) mass is 239 g/mol. The summed E-state index contributed by atoms with van der Waals surface area (Å²) in [6, 6.07) is 0. The maximum Gasteiger partial charge on any atom is 0.204 e. The molecule has 0 amide bonds. The van der Waals surface area contributed by atoms with Crippen LogP contribution in [0.25, 0.3) is 0 Å². The highest BCUT2D eigenvalue weighted by Crippen LogP contribution is 2.33. The van der Waals surface area contributed by atoms with Gasteiger partial charge in [0.1, 0.15) is 5.82 Å². The van der Waals surface area contributed by atoms with Gasteiger partial charge >= 0.3 is 0 Å². The summed E-state index contributed by atoms with van der Waals surface area (Å²) in [7, 11) is 2.12. The van der Waals surface area contributed by atoms with Crippen LogP contribution in [0.4, 0.5) is 5.13 Å². The van der Waals surface area contributed by atoms with E-state index in [4.69, 9.17) is 0 Å². The van der Waals surface area contributed by atoms with Crippen molar-refractivity contribution < 1.29 is 0 Å². The standard InChI is InChI=1S/C12H21N3S/c1-12(2,3)10-13-11(16-14-10)15(4)8-7-9-5-6-9/h9H,5-8H2,1-4H3. The minimum absolute atomic E-state index is 0.0616. The van der Waals surface area contributed by atoms with Crippen LogP contribution in [-0.2, 0) is 5.41 Å². The van der Waals surface area contributed by atoms with Gasteiger partial charge in [-0.2, -0.15) is 4.37 Å². The quantitative estimate of drug-likeness (QED) is 0.808. The molecule has 0 saturated heterocycles. The molecule has 1 aliphatic carbocycles. The van der Waals surface area contributed by atoms with Crippen molar-refractivity contribution in [2.24, 2.45) is 5.92 Å². The van der Waals surface area contributed by atoms with Gasteiger partial charge in [-0.3, -0.25) is 0 Å². The lowest BCUT2D eigenvalue weighted by molar-refractivity contribution is 0.554. The number of hydrogen-bond donors (Lipinski definition) is 0. The molecule has 2 rings (SSSR count). The van der Waals surface area contributed by atoms with Crippen molar-refractivity contribution >= 4 is 16.7 Å². The molecule has 1 aromatic heterocycles. The van der Waals surface area contributed by atoms with Crippen molar-refractivity contribution in [1.82, 2.24) is 9.36 Å². The van der Waals surface area contributed by atoms with Crippen LogP contribution in [0.15, 0.2) is 0 Å². The van der Waals surface area contributed by atoms with E-state index in [1.54, 1.807) is 0 Å². The van der Waals surface area contributed by atoms with E-state index in [1.807, 2.05) is 0 Å². The first-order valence-electron chi connectivity index (χ1n) is 6.02. The smallest absolute Gasteiger partial charge is 0.204 e. The van der Waals surface area contributed by atoms with E-state index in [-0.39, 0.29) is 5.41 Å². The van der Waals surface area contributed by atoms with Crippen LogP contribution < -0.4 is 4.90 Å². The van der Waals surface area contributed by atoms with Crippen molar-refractivity contribution in [3.63, 3.8) is 0 Å². The third kappa shape index (κ3) is 2.94. The summed E-state index contributed by atoms with van der Waals surface area (Å²) >= 11 is 1.52. The first kappa shape index (κ1) is 11.8. The van der Waals surface area contributed by atoms with Gasteiger partial charge in [-0.25, -0.2) is 4.98 Å². The summed E-state index contributed by atoms with van der Waals surface area (Å²) < 4.78 is 4.44. The van der Waals surface area contributed by atoms with E-state index in [9.17, 15) is 0 Å². The van der Waals surface area contributed by atoms with Gasteiger partial charge in [-0.1, -0.05) is 33.6 Å². The van der Waals surface area contributed by atoms with Gasteiger partial charge in [0.2, 0.25) is 5.13 Å². The van der Waals surface area contributed by atoms with Crippen LogP contribution in [-0.4, -0.2) is 22.9 Å². The molecule has 1 saturated carbocycles. The molecule has 0 atom stereocenters. The Hall–Kier alpha value is -0.640. The maximum absolute atomic E-state index is 4.61. The van der Waals surface area contributed by atoms with Crippen LogP contribution >= 0.6 is 11.5 Å². The normalized spacial score (nSPS) is 16.5. The fourth-order valence-corrected chi connectivity index (χ4v) is 2.39. The molecule has 1 aromatic rings. The molecule has 4 heteroatoms. The van der Waals surface area contributed by atoms with E-state index in [2.05, 4.69) is 42.1 Å². The molecule has 0 aliphatic heterocycles. The molecule has 0 bridgehead atoms. The molecule has 90 valence electrons. The van der Waals surface area contributed by atoms with Gasteiger partial charge in [0.15, 0.2) is 0 Å². The second-order valence-electron chi connectivity index (χ2n) is 5.80. The van der Waals surface area contributed by atoms with E-state index in [1.165, 1.54) is 30.8 Å². The van der Waals surface area contributed by atoms with E-state index >= 15 is 0 Å². The Morgan fingerprint density at radius 3 is 2.56 bits per heavy atom. The number of nitrogens with zero attached hydrogens (tertiary/aromatic N) is 3. The van der Waals surface area contributed by atoms with Crippen molar-refractivity contribution in [2.75, 3.05) is 18.5 Å². The van der Waals surface area contributed by atoms with E-state index < -0.39 is 0 Å². The molecular formula is C12H21N3S. The molecule has 0 aromatic carbocycles. The molecule has 1 heterocycles. The number of aromatic nitrogens is 2. The summed E-state index contributed by atoms with van der Waals surface area (Å²) in [5, 5.41) is 1.06. The summed E-state index contributed by atoms with van der Waals surface area (Å²) in [6.07, 6.45) is 4.16. The summed E-state index contributed by atoms with van der Waals surface area (Å²) in [5.74, 6) is 1.95. The van der Waals surface area contributed by atoms with Crippen molar-refractivity contribution in [3.8, 4) is 0 Å². The molecule has 0 spiro atoms. The predicted octanol–water partition coefficient (Wildman–Crippen LogP) is 3.07. The Labute approximate surface area is 102 Å². The van der Waals surface area contributed by atoms with E-state index in [0.717, 1.165) is 23.4 Å². The molecule has 0 N–H and O–H groups in total. The van der Waals surface area contributed by atoms with Gasteiger partial charge < -0.3 is 4.90 Å². The molecule has 0 unspecified atom stereocenters. The Bertz CT molecular complexity index is 349. The minimum Gasteiger partial charge on any atom is -0.350 e. The zero-order chi connectivity index (χ0) is 11.8. The molecule has 1 aliphatic rings. The maximum atomic E-state index is 4.61. The van der Waals surface area contributed by atoms with Crippen LogP contribution in [0.5, 0.6) is 0 Å². The Kier molecular flexibility index (Phi) is 3.19. The zero-order valence-electron chi connectivity index (χ0n) is 10.7. The Morgan fingerprint density at radius 2 is 2.06 bits per heavy atom. The SMILES string of the molecule is CN(CCC1CC1)c1nc(C(C)(C)C)ns1. The largest absolute Gasteiger partial charge is 0.350 e. The fourth-order valence-electron chi connectivity index (χ4n) is 1.55. The van der Waals surface area contributed by atoms with E-state index in [0.29, 0.717) is 0 Å². The number of rotatable bonds is 4.